The molecule has 0 unspecified atom stereocenters. The van der Waals surface area contributed by atoms with Gasteiger partial charge in [0.05, 0.1) is 6.26 Å². The summed E-state index contributed by atoms with van der Waals surface area (Å²) in [5.74, 6) is 0.399. The molecular formula is C15H18N3O3+. The fourth-order valence-corrected chi connectivity index (χ4v) is 1.97. The van der Waals surface area contributed by atoms with Crippen LogP contribution in [0.5, 0.6) is 0 Å². The minimum atomic E-state index is -0.521. The van der Waals surface area contributed by atoms with Crippen LogP contribution in [0.2, 0.25) is 0 Å². The predicted octanol–water partition coefficient (Wildman–Crippen LogP) is 0.540. The highest BCUT2D eigenvalue weighted by Gasteiger charge is 2.25. The first-order valence-electron chi connectivity index (χ1n) is 6.64. The number of nitrogens with one attached hydrogen (secondary N) is 2. The fourth-order valence-electron chi connectivity index (χ4n) is 1.97. The zero-order valence-corrected chi connectivity index (χ0v) is 11.7. The second-order valence-corrected chi connectivity index (χ2v) is 4.48. The molecule has 6 nitrogen and oxygen atoms in total. The van der Waals surface area contributed by atoms with Gasteiger partial charge in [0.1, 0.15) is 6.54 Å². The number of imide groups is 1. The molecule has 4 N–H and O–H groups in total. The standard InChI is InChI=1S/C15H17N3O3/c1-16-15(20)18-14(19)13(11-6-3-2-4-7-11)17-10-12-8-5-9-21-12/h2-9,13,17H,10H2,1H3,(H2,16,18,19,20)/p+1/t13-/m1/s1. The van der Waals surface area contributed by atoms with E-state index in [0.717, 1.165) is 11.3 Å². The van der Waals surface area contributed by atoms with Gasteiger partial charge in [-0.2, -0.15) is 0 Å². The lowest BCUT2D eigenvalue weighted by atomic mass is 10.1. The van der Waals surface area contributed by atoms with Crippen molar-refractivity contribution in [2.24, 2.45) is 0 Å². The quantitative estimate of drug-likeness (QED) is 0.750. The summed E-state index contributed by atoms with van der Waals surface area (Å²) in [6.07, 6.45) is 1.59. The van der Waals surface area contributed by atoms with Crippen LogP contribution in [-0.2, 0) is 11.3 Å². The maximum Gasteiger partial charge on any atom is 0.321 e. The summed E-state index contributed by atoms with van der Waals surface area (Å²) < 4.78 is 5.26. The molecule has 1 aromatic heterocycles. The van der Waals surface area contributed by atoms with Crippen LogP contribution < -0.4 is 16.0 Å². The minimum absolute atomic E-state index is 0.368. The zero-order valence-electron chi connectivity index (χ0n) is 11.7. The number of furan rings is 1. The predicted molar refractivity (Wildman–Crippen MR) is 76.1 cm³/mol. The highest BCUT2D eigenvalue weighted by molar-refractivity contribution is 5.96. The van der Waals surface area contributed by atoms with E-state index in [4.69, 9.17) is 4.42 Å². The van der Waals surface area contributed by atoms with Gasteiger partial charge in [0.15, 0.2) is 11.8 Å². The maximum absolute atomic E-state index is 12.2. The number of quaternary nitrogens is 1. The lowest BCUT2D eigenvalue weighted by Gasteiger charge is -2.14. The van der Waals surface area contributed by atoms with Crippen molar-refractivity contribution < 1.29 is 19.3 Å². The average molecular weight is 288 g/mol. The normalized spacial score (nSPS) is 11.7. The lowest BCUT2D eigenvalue weighted by Crippen LogP contribution is -2.86. The summed E-state index contributed by atoms with van der Waals surface area (Å²) >= 11 is 0. The van der Waals surface area contributed by atoms with Crippen molar-refractivity contribution in [1.29, 1.82) is 0 Å². The number of amides is 3. The van der Waals surface area contributed by atoms with Gasteiger partial charge in [0.25, 0.3) is 5.91 Å². The van der Waals surface area contributed by atoms with E-state index in [1.807, 2.05) is 41.7 Å². The Morgan fingerprint density at radius 2 is 1.95 bits per heavy atom. The van der Waals surface area contributed by atoms with Gasteiger partial charge >= 0.3 is 6.03 Å². The average Bonchev–Trinajstić information content (AvgIpc) is 3.01. The fraction of sp³-hybridized carbons (Fsp3) is 0.200. The first-order valence-corrected chi connectivity index (χ1v) is 6.64. The van der Waals surface area contributed by atoms with E-state index in [9.17, 15) is 9.59 Å². The van der Waals surface area contributed by atoms with Gasteiger partial charge in [-0.3, -0.25) is 10.1 Å². The van der Waals surface area contributed by atoms with Gasteiger partial charge in [-0.25, -0.2) is 4.79 Å². The number of rotatable bonds is 5. The van der Waals surface area contributed by atoms with E-state index in [-0.39, 0.29) is 5.91 Å². The van der Waals surface area contributed by atoms with Gasteiger partial charge in [-0.15, -0.1) is 0 Å². The number of hydrogen-bond donors (Lipinski definition) is 3. The molecule has 0 spiro atoms. The molecule has 110 valence electrons. The van der Waals surface area contributed by atoms with Gasteiger partial charge in [0.2, 0.25) is 0 Å². The molecule has 0 radical (unpaired) electrons. The van der Waals surface area contributed by atoms with E-state index in [2.05, 4.69) is 10.6 Å². The summed E-state index contributed by atoms with van der Waals surface area (Å²) in [5.41, 5.74) is 0.824. The number of urea groups is 1. The monoisotopic (exact) mass is 288 g/mol. The Morgan fingerprint density at radius 1 is 1.19 bits per heavy atom. The zero-order chi connectivity index (χ0) is 15.1. The molecule has 6 heteroatoms. The van der Waals surface area contributed by atoms with E-state index < -0.39 is 12.1 Å². The first kappa shape index (κ1) is 14.8. The number of hydrogen-bond acceptors (Lipinski definition) is 3. The van der Waals surface area contributed by atoms with Crippen molar-refractivity contribution in [1.82, 2.24) is 10.6 Å². The van der Waals surface area contributed by atoms with Crippen molar-refractivity contribution in [3.63, 3.8) is 0 Å². The van der Waals surface area contributed by atoms with Crippen LogP contribution >= 0.6 is 0 Å². The Balaban J connectivity index is 2.10. The number of carbonyl (C=O) groups excluding carboxylic acids is 2. The summed E-state index contributed by atoms with van der Waals surface area (Å²) in [7, 11) is 1.46. The molecule has 0 aliphatic heterocycles. The third kappa shape index (κ3) is 4.19. The van der Waals surface area contributed by atoms with E-state index >= 15 is 0 Å². The van der Waals surface area contributed by atoms with Gasteiger partial charge in [0, 0.05) is 12.6 Å². The summed E-state index contributed by atoms with van der Waals surface area (Å²) in [5, 5.41) is 6.50. The van der Waals surface area contributed by atoms with Crippen LogP contribution in [0.25, 0.3) is 0 Å². The number of carbonyl (C=O) groups is 2. The Labute approximate surface area is 122 Å². The molecule has 0 fully saturated rings. The van der Waals surface area contributed by atoms with E-state index in [0.29, 0.717) is 6.54 Å². The van der Waals surface area contributed by atoms with Crippen molar-refractivity contribution in [2.45, 2.75) is 12.6 Å². The summed E-state index contributed by atoms with van der Waals surface area (Å²) in [6, 6.07) is 11.9. The molecule has 2 rings (SSSR count). The van der Waals surface area contributed by atoms with Gasteiger partial charge in [-0.05, 0) is 12.1 Å². The highest BCUT2D eigenvalue weighted by Crippen LogP contribution is 2.09. The molecule has 2 aromatic rings. The SMILES string of the molecule is CNC(=O)NC(=O)[C@H]([NH2+]Cc1ccco1)c1ccccc1. The smallest absolute Gasteiger partial charge is 0.321 e. The largest absolute Gasteiger partial charge is 0.463 e. The highest BCUT2D eigenvalue weighted by atomic mass is 16.3. The molecule has 0 saturated heterocycles. The summed E-state index contributed by atoms with van der Waals surface area (Å²) in [6.45, 7) is 0.508. The van der Waals surface area contributed by atoms with Crippen molar-refractivity contribution in [3.8, 4) is 0 Å². The lowest BCUT2D eigenvalue weighted by molar-refractivity contribution is -0.699. The topological polar surface area (TPSA) is 88.0 Å². The Kier molecular flexibility index (Phi) is 5.11. The van der Waals surface area contributed by atoms with Crippen LogP contribution in [0.3, 0.4) is 0 Å². The van der Waals surface area contributed by atoms with Gasteiger partial charge in [-0.1, -0.05) is 30.3 Å². The number of benzene rings is 1. The molecule has 0 aliphatic carbocycles. The Morgan fingerprint density at radius 3 is 2.57 bits per heavy atom. The van der Waals surface area contributed by atoms with Crippen molar-refractivity contribution in [3.05, 3.63) is 60.1 Å². The Hall–Kier alpha value is -2.60. The molecular weight excluding hydrogens is 270 g/mol. The van der Waals surface area contributed by atoms with E-state index in [1.165, 1.54) is 7.05 Å². The number of nitrogens with two attached hydrogens (primary N) is 1. The third-order valence-electron chi connectivity index (χ3n) is 3.04. The molecule has 0 bridgehead atoms. The van der Waals surface area contributed by atoms with Crippen LogP contribution in [0.1, 0.15) is 17.4 Å². The molecule has 0 saturated carbocycles. The molecule has 0 aliphatic rings. The van der Waals surface area contributed by atoms with Crippen molar-refractivity contribution >= 4 is 11.9 Å². The minimum Gasteiger partial charge on any atom is -0.463 e. The summed E-state index contributed by atoms with van der Waals surface area (Å²) in [4.78, 5) is 23.6. The van der Waals surface area contributed by atoms with Crippen LogP contribution in [0.15, 0.2) is 53.1 Å². The second-order valence-electron chi connectivity index (χ2n) is 4.48. The van der Waals surface area contributed by atoms with Crippen LogP contribution in [0.4, 0.5) is 4.79 Å². The second kappa shape index (κ2) is 7.25. The van der Waals surface area contributed by atoms with Crippen LogP contribution in [0, 0.1) is 0 Å². The Bertz CT molecular complexity index is 581. The van der Waals surface area contributed by atoms with Crippen LogP contribution in [-0.4, -0.2) is 19.0 Å². The first-order chi connectivity index (χ1) is 10.2. The molecule has 1 aromatic carbocycles. The maximum atomic E-state index is 12.2. The molecule has 3 amide bonds. The van der Waals surface area contributed by atoms with E-state index in [1.54, 1.807) is 12.3 Å². The third-order valence-corrected chi connectivity index (χ3v) is 3.04. The molecule has 1 atom stereocenters. The molecule has 1 heterocycles. The van der Waals surface area contributed by atoms with Gasteiger partial charge < -0.3 is 15.1 Å². The van der Waals surface area contributed by atoms with Crippen molar-refractivity contribution in [2.75, 3.05) is 7.05 Å². The molecule has 21 heavy (non-hydrogen) atoms.